The number of thiophene rings is 1. The Hall–Kier alpha value is -1.89. The van der Waals surface area contributed by atoms with E-state index in [0.29, 0.717) is 0 Å². The van der Waals surface area contributed by atoms with E-state index in [1.165, 1.54) is 30.3 Å². The van der Waals surface area contributed by atoms with Gasteiger partial charge in [0.05, 0.1) is 19.2 Å². The number of nitrogens with one attached hydrogen (secondary N) is 1. The molecule has 1 aromatic rings. The number of methoxy groups -OCH3 is 1. The molecule has 0 saturated carbocycles. The van der Waals surface area contributed by atoms with Crippen LogP contribution in [0.1, 0.15) is 13.3 Å². The normalized spacial score (nSPS) is 11.5. The molecule has 1 N–H and O–H groups in total. The topological polar surface area (TPSA) is 75.7 Å². The Balaban J connectivity index is 2.81. The number of carbonyl (C=O) groups excluding carboxylic acids is 3. The summed E-state index contributed by atoms with van der Waals surface area (Å²) in [5.41, 5.74) is 0.718. The largest absolute Gasteiger partial charge is 0.469 e. The van der Waals surface area contributed by atoms with Crippen LogP contribution in [-0.4, -0.2) is 38.0 Å². The fraction of sp³-hybridized carbons (Fsp3) is 0.417. The summed E-state index contributed by atoms with van der Waals surface area (Å²) in [5, 5.41) is 6.11. The van der Waals surface area contributed by atoms with E-state index >= 15 is 0 Å². The summed E-state index contributed by atoms with van der Waals surface area (Å²) in [4.78, 5) is 36.0. The van der Waals surface area contributed by atoms with Crippen LogP contribution in [0.5, 0.6) is 0 Å². The van der Waals surface area contributed by atoms with E-state index in [1.54, 1.807) is 18.5 Å². The molecule has 1 aromatic heterocycles. The molecule has 0 fully saturated rings. The van der Waals surface area contributed by atoms with Crippen LogP contribution < -0.4 is 10.2 Å². The number of anilines is 1. The van der Waals surface area contributed by atoms with Crippen molar-refractivity contribution in [1.82, 2.24) is 5.32 Å². The number of nitrogens with zero attached hydrogens (tertiary/aromatic N) is 1. The van der Waals surface area contributed by atoms with Crippen LogP contribution in [-0.2, 0) is 19.1 Å². The molecule has 0 saturated heterocycles. The Morgan fingerprint density at radius 1 is 1.47 bits per heavy atom. The van der Waals surface area contributed by atoms with Gasteiger partial charge in [0.15, 0.2) is 0 Å². The van der Waals surface area contributed by atoms with Gasteiger partial charge in [0.2, 0.25) is 11.8 Å². The lowest BCUT2D eigenvalue weighted by molar-refractivity contribution is -0.143. The van der Waals surface area contributed by atoms with Gasteiger partial charge in [-0.2, -0.15) is 11.3 Å². The van der Waals surface area contributed by atoms with E-state index in [-0.39, 0.29) is 18.2 Å². The van der Waals surface area contributed by atoms with Gasteiger partial charge in [-0.05, 0) is 11.4 Å². The number of hydrogen-bond donors (Lipinski definition) is 1. The van der Waals surface area contributed by atoms with Crippen LogP contribution in [0.4, 0.5) is 5.69 Å². The quantitative estimate of drug-likeness (QED) is 0.811. The molecule has 1 atom stereocenters. The summed E-state index contributed by atoms with van der Waals surface area (Å²) in [6.07, 6.45) is -0.191. The number of carbonyl (C=O) groups is 3. The van der Waals surface area contributed by atoms with Crippen molar-refractivity contribution in [3.8, 4) is 0 Å². The maximum absolute atomic E-state index is 12.2. The van der Waals surface area contributed by atoms with Crippen LogP contribution >= 0.6 is 11.3 Å². The van der Waals surface area contributed by atoms with Gasteiger partial charge in [0.25, 0.3) is 0 Å². The molecule has 0 aliphatic carbocycles. The standard InChI is InChI=1S/C12H16N2O4S/c1-8(15)13-10(6-11(16)18-3)12(17)14(2)9-4-5-19-7-9/h4-5,7,10H,6H2,1-3H3,(H,13,15). The Kier molecular flexibility index (Phi) is 5.50. The van der Waals surface area contributed by atoms with Crippen LogP contribution in [0.25, 0.3) is 0 Å². The van der Waals surface area contributed by atoms with Gasteiger partial charge in [0, 0.05) is 19.4 Å². The molecule has 104 valence electrons. The molecular weight excluding hydrogens is 268 g/mol. The van der Waals surface area contributed by atoms with Gasteiger partial charge in [0.1, 0.15) is 6.04 Å². The van der Waals surface area contributed by atoms with Crippen molar-refractivity contribution in [3.05, 3.63) is 16.8 Å². The van der Waals surface area contributed by atoms with Crippen molar-refractivity contribution in [2.75, 3.05) is 19.1 Å². The molecule has 1 unspecified atom stereocenters. The summed E-state index contributed by atoms with van der Waals surface area (Å²) < 4.78 is 4.52. The molecule has 0 aliphatic rings. The number of rotatable bonds is 5. The van der Waals surface area contributed by atoms with Crippen LogP contribution in [0.2, 0.25) is 0 Å². The Morgan fingerprint density at radius 2 is 2.16 bits per heavy atom. The summed E-state index contributed by atoms with van der Waals surface area (Å²) in [6.45, 7) is 1.29. The smallest absolute Gasteiger partial charge is 0.308 e. The molecule has 7 heteroatoms. The van der Waals surface area contributed by atoms with Gasteiger partial charge < -0.3 is 15.0 Å². The van der Waals surface area contributed by atoms with Gasteiger partial charge in [-0.15, -0.1) is 0 Å². The molecular formula is C12H16N2O4S. The number of amides is 2. The molecule has 0 bridgehead atoms. The Morgan fingerprint density at radius 3 is 2.63 bits per heavy atom. The Bertz CT molecular complexity index is 458. The minimum Gasteiger partial charge on any atom is -0.469 e. The molecule has 6 nitrogen and oxygen atoms in total. The summed E-state index contributed by atoms with van der Waals surface area (Å²) in [7, 11) is 2.83. The van der Waals surface area contributed by atoms with Crippen LogP contribution in [0.15, 0.2) is 16.8 Å². The van der Waals surface area contributed by atoms with Crippen molar-refractivity contribution in [1.29, 1.82) is 0 Å². The lowest BCUT2D eigenvalue weighted by Gasteiger charge is -2.22. The van der Waals surface area contributed by atoms with Crippen molar-refractivity contribution < 1.29 is 19.1 Å². The number of hydrogen-bond acceptors (Lipinski definition) is 5. The monoisotopic (exact) mass is 284 g/mol. The van der Waals surface area contributed by atoms with Gasteiger partial charge >= 0.3 is 5.97 Å². The number of likely N-dealkylation sites (N-methyl/N-ethyl adjacent to an activating group) is 1. The zero-order valence-corrected chi connectivity index (χ0v) is 11.8. The molecule has 19 heavy (non-hydrogen) atoms. The third-order valence-corrected chi connectivity index (χ3v) is 3.17. The number of esters is 1. The van der Waals surface area contributed by atoms with E-state index in [4.69, 9.17) is 0 Å². The lowest BCUT2D eigenvalue weighted by Crippen LogP contribution is -2.48. The zero-order valence-electron chi connectivity index (χ0n) is 11.0. The van der Waals surface area contributed by atoms with E-state index in [2.05, 4.69) is 10.1 Å². The summed E-state index contributed by atoms with van der Waals surface area (Å²) >= 11 is 1.46. The molecule has 1 heterocycles. The molecule has 2 amide bonds. The maximum atomic E-state index is 12.2. The van der Waals surface area contributed by atoms with Gasteiger partial charge in [-0.3, -0.25) is 14.4 Å². The molecule has 0 aliphatic heterocycles. The van der Waals surface area contributed by atoms with Gasteiger partial charge in [-0.1, -0.05) is 0 Å². The van der Waals surface area contributed by atoms with E-state index in [9.17, 15) is 14.4 Å². The Labute approximate surface area is 115 Å². The van der Waals surface area contributed by atoms with Crippen molar-refractivity contribution in [3.63, 3.8) is 0 Å². The predicted octanol–water partition coefficient (Wildman–Crippen LogP) is 0.779. The van der Waals surface area contributed by atoms with E-state index in [1.807, 2.05) is 5.38 Å². The molecule has 0 radical (unpaired) electrons. The average molecular weight is 284 g/mol. The second-order valence-corrected chi connectivity index (χ2v) is 4.69. The van der Waals surface area contributed by atoms with E-state index in [0.717, 1.165) is 5.69 Å². The SMILES string of the molecule is COC(=O)CC(NC(C)=O)C(=O)N(C)c1ccsc1. The second kappa shape index (κ2) is 6.89. The van der Waals surface area contributed by atoms with Crippen molar-refractivity contribution in [2.24, 2.45) is 0 Å². The zero-order chi connectivity index (χ0) is 14.4. The highest BCUT2D eigenvalue weighted by atomic mass is 32.1. The number of ether oxygens (including phenoxy) is 1. The van der Waals surface area contributed by atoms with Crippen molar-refractivity contribution in [2.45, 2.75) is 19.4 Å². The average Bonchev–Trinajstić information content (AvgIpc) is 2.89. The lowest BCUT2D eigenvalue weighted by atomic mass is 10.1. The van der Waals surface area contributed by atoms with Crippen LogP contribution in [0, 0.1) is 0 Å². The minimum atomic E-state index is -0.921. The van der Waals surface area contributed by atoms with Gasteiger partial charge in [-0.25, -0.2) is 0 Å². The predicted molar refractivity (Wildman–Crippen MR) is 72.0 cm³/mol. The third-order valence-electron chi connectivity index (χ3n) is 2.50. The van der Waals surface area contributed by atoms with Crippen molar-refractivity contribution >= 4 is 34.8 Å². The molecule has 1 rings (SSSR count). The fourth-order valence-corrected chi connectivity index (χ4v) is 2.18. The first kappa shape index (κ1) is 15.2. The van der Waals surface area contributed by atoms with Crippen LogP contribution in [0.3, 0.4) is 0 Å². The summed E-state index contributed by atoms with van der Waals surface area (Å²) in [5.74, 6) is -1.29. The first-order valence-electron chi connectivity index (χ1n) is 5.59. The first-order valence-corrected chi connectivity index (χ1v) is 6.53. The minimum absolute atomic E-state index is 0.191. The first-order chi connectivity index (χ1) is 8.95. The second-order valence-electron chi connectivity index (χ2n) is 3.91. The maximum Gasteiger partial charge on any atom is 0.308 e. The fourth-order valence-electron chi connectivity index (χ4n) is 1.50. The summed E-state index contributed by atoms with van der Waals surface area (Å²) in [6, 6.07) is 0.862. The van der Waals surface area contributed by atoms with E-state index < -0.39 is 12.0 Å². The highest BCUT2D eigenvalue weighted by molar-refractivity contribution is 7.08. The molecule has 0 spiro atoms. The highest BCUT2D eigenvalue weighted by Crippen LogP contribution is 2.17. The third kappa shape index (κ3) is 4.36. The molecule has 0 aromatic carbocycles. The highest BCUT2D eigenvalue weighted by Gasteiger charge is 2.26.